The van der Waals surface area contributed by atoms with Crippen LogP contribution in [0, 0.1) is 0 Å². The second-order valence-corrected chi connectivity index (χ2v) is 4.38. The van der Waals surface area contributed by atoms with Crippen LogP contribution in [0.3, 0.4) is 0 Å². The topological polar surface area (TPSA) is 52.1 Å². The summed E-state index contributed by atoms with van der Waals surface area (Å²) in [5.41, 5.74) is 0.774. The molecule has 2 rings (SSSR count). The van der Waals surface area contributed by atoms with Crippen LogP contribution in [0.2, 0.25) is 0 Å². The first-order valence-corrected chi connectivity index (χ1v) is 6.39. The van der Waals surface area contributed by atoms with Crippen molar-refractivity contribution in [2.24, 2.45) is 4.99 Å². The number of methoxy groups -OCH3 is 2. The average molecular weight is 316 g/mol. The van der Waals surface area contributed by atoms with E-state index in [1.807, 2.05) is 0 Å². The molecule has 1 heterocycles. The van der Waals surface area contributed by atoms with Crippen LogP contribution in [-0.4, -0.2) is 33.0 Å². The normalized spacial score (nSPS) is 15.0. The molecule has 0 spiro atoms. The first-order valence-electron chi connectivity index (χ1n) is 6.39. The molecule has 0 radical (unpaired) electrons. The average Bonchev–Trinajstić information content (AvgIpc) is 2.47. The fourth-order valence-corrected chi connectivity index (χ4v) is 1.98. The minimum Gasteiger partial charge on any atom is -0.483 e. The number of ether oxygens (including phenoxy) is 3. The van der Waals surface area contributed by atoms with Gasteiger partial charge in [-0.3, -0.25) is 0 Å². The van der Waals surface area contributed by atoms with E-state index >= 15 is 0 Å². The van der Waals surface area contributed by atoms with Gasteiger partial charge in [0, 0.05) is 12.0 Å². The van der Waals surface area contributed by atoms with E-state index < -0.39 is 6.36 Å². The Kier molecular flexibility index (Phi) is 4.79. The Labute approximate surface area is 125 Å². The molecule has 120 valence electrons. The molecule has 1 aromatic rings. The fourth-order valence-electron chi connectivity index (χ4n) is 1.98. The molecule has 1 aliphatic heterocycles. The van der Waals surface area contributed by atoms with Gasteiger partial charge in [0.2, 0.25) is 11.8 Å². The highest BCUT2D eigenvalue weighted by Crippen LogP contribution is 2.29. The molecule has 1 aliphatic rings. The van der Waals surface area contributed by atoms with Crippen LogP contribution in [-0.2, 0) is 15.9 Å². The van der Waals surface area contributed by atoms with Crippen LogP contribution in [0.5, 0.6) is 5.75 Å². The van der Waals surface area contributed by atoms with Gasteiger partial charge in [0.25, 0.3) is 0 Å². The first-order chi connectivity index (χ1) is 10.4. The van der Waals surface area contributed by atoms with Crippen LogP contribution in [0.1, 0.15) is 5.56 Å². The molecule has 0 bridgehead atoms. The second-order valence-electron chi connectivity index (χ2n) is 4.38. The zero-order valence-electron chi connectivity index (χ0n) is 12.0. The summed E-state index contributed by atoms with van der Waals surface area (Å²) >= 11 is 0. The number of alkyl halides is 3. The predicted octanol–water partition coefficient (Wildman–Crippen LogP) is 2.59. The number of nitrogens with one attached hydrogen (secondary N) is 1. The lowest BCUT2D eigenvalue weighted by molar-refractivity contribution is -0.274. The number of aliphatic imine (C=N–C) groups is 1. The zero-order chi connectivity index (χ0) is 16.2. The molecule has 0 unspecified atom stereocenters. The first kappa shape index (κ1) is 16.0. The maximum Gasteiger partial charge on any atom is 0.573 e. The minimum absolute atomic E-state index is 0.106. The van der Waals surface area contributed by atoms with Crippen LogP contribution in [0.25, 0.3) is 0 Å². The number of halogens is 3. The van der Waals surface area contributed by atoms with E-state index in [4.69, 9.17) is 9.47 Å². The van der Waals surface area contributed by atoms with E-state index in [2.05, 4.69) is 15.0 Å². The molecule has 22 heavy (non-hydrogen) atoms. The lowest BCUT2D eigenvalue weighted by Gasteiger charge is -2.20. The fraction of sp³-hybridized carbons (Fsp3) is 0.357. The zero-order valence-corrected chi connectivity index (χ0v) is 12.0. The van der Waals surface area contributed by atoms with E-state index in [-0.39, 0.29) is 12.2 Å². The predicted molar refractivity (Wildman–Crippen MR) is 73.3 cm³/mol. The molecule has 0 amide bonds. The Morgan fingerprint density at radius 2 is 1.91 bits per heavy atom. The molecule has 0 atom stereocenters. The van der Waals surface area contributed by atoms with Crippen molar-refractivity contribution < 1.29 is 27.4 Å². The Balaban J connectivity index is 2.29. The monoisotopic (exact) mass is 316 g/mol. The molecule has 1 N–H and O–H groups in total. The summed E-state index contributed by atoms with van der Waals surface area (Å²) in [6.45, 7) is 0.351. The van der Waals surface area contributed by atoms with E-state index in [0.29, 0.717) is 29.6 Å². The van der Waals surface area contributed by atoms with Crippen LogP contribution in [0.4, 0.5) is 13.2 Å². The summed E-state index contributed by atoms with van der Waals surface area (Å²) in [6, 6.07) is 5.90. The molecule has 0 saturated heterocycles. The molecule has 8 heteroatoms. The number of rotatable bonds is 4. The van der Waals surface area contributed by atoms with E-state index in [9.17, 15) is 13.2 Å². The van der Waals surface area contributed by atoms with Crippen LogP contribution in [0.15, 0.2) is 40.8 Å². The largest absolute Gasteiger partial charge is 0.573 e. The van der Waals surface area contributed by atoms with Crippen molar-refractivity contribution in [1.29, 1.82) is 0 Å². The minimum atomic E-state index is -4.75. The summed E-state index contributed by atoms with van der Waals surface area (Å²) in [5.74, 6) is 0.547. The highest BCUT2D eigenvalue weighted by atomic mass is 19.4. The number of hydrogen-bond donors (Lipinski definition) is 1. The molecule has 1 aromatic carbocycles. The van der Waals surface area contributed by atoms with Gasteiger partial charge in [-0.1, -0.05) is 18.2 Å². The second kappa shape index (κ2) is 6.59. The summed E-state index contributed by atoms with van der Waals surface area (Å²) < 4.78 is 51.6. The summed E-state index contributed by atoms with van der Waals surface area (Å²) in [7, 11) is 2.92. The van der Waals surface area contributed by atoms with Gasteiger partial charge in [-0.2, -0.15) is 0 Å². The van der Waals surface area contributed by atoms with E-state index in [1.54, 1.807) is 6.07 Å². The molecular weight excluding hydrogens is 301 g/mol. The lowest BCUT2D eigenvalue weighted by atomic mass is 10.1. The third kappa shape index (κ3) is 4.06. The van der Waals surface area contributed by atoms with Crippen molar-refractivity contribution in [3.8, 4) is 5.75 Å². The van der Waals surface area contributed by atoms with Crippen molar-refractivity contribution in [3.63, 3.8) is 0 Å². The number of allylic oxidation sites excluding steroid dienone is 1. The Bertz CT molecular complexity index is 597. The third-order valence-electron chi connectivity index (χ3n) is 2.92. The van der Waals surface area contributed by atoms with Crippen molar-refractivity contribution >= 4 is 5.90 Å². The van der Waals surface area contributed by atoms with Crippen molar-refractivity contribution in [2.45, 2.75) is 12.8 Å². The smallest absolute Gasteiger partial charge is 0.483 e. The molecular formula is C14H15F3N2O3. The SMILES string of the molecule is COC1=NC(Cc2ccccc2OC(F)(F)F)=C(OC)NC1. The van der Waals surface area contributed by atoms with Gasteiger partial charge in [-0.15, -0.1) is 13.2 Å². The molecule has 0 aliphatic carbocycles. The van der Waals surface area contributed by atoms with Crippen molar-refractivity contribution in [2.75, 3.05) is 20.8 Å². The standard InChI is InChI=1S/C14H15F3N2O3/c1-20-12-8-18-13(21-2)10(19-12)7-9-5-3-4-6-11(9)22-14(15,16)17/h3-6,18H,7-8H2,1-2H3. The molecule has 0 aromatic heterocycles. The van der Waals surface area contributed by atoms with Gasteiger partial charge in [-0.25, -0.2) is 4.99 Å². The third-order valence-corrected chi connectivity index (χ3v) is 2.92. The Hall–Kier alpha value is -2.38. The van der Waals surface area contributed by atoms with E-state index in [0.717, 1.165) is 0 Å². The quantitative estimate of drug-likeness (QED) is 0.928. The number of hydrogen-bond acceptors (Lipinski definition) is 5. The summed E-state index contributed by atoms with van der Waals surface area (Å²) in [5, 5.41) is 2.95. The van der Waals surface area contributed by atoms with Crippen molar-refractivity contribution in [3.05, 3.63) is 41.4 Å². The van der Waals surface area contributed by atoms with Gasteiger partial charge in [0.15, 0.2) is 0 Å². The number of benzene rings is 1. The lowest BCUT2D eigenvalue weighted by Crippen LogP contribution is -2.30. The van der Waals surface area contributed by atoms with Gasteiger partial charge in [0.05, 0.1) is 20.8 Å². The molecule has 0 saturated carbocycles. The highest BCUT2D eigenvalue weighted by molar-refractivity contribution is 5.80. The van der Waals surface area contributed by atoms with Crippen LogP contribution < -0.4 is 10.1 Å². The number of para-hydroxylation sites is 1. The van der Waals surface area contributed by atoms with Gasteiger partial charge < -0.3 is 19.5 Å². The van der Waals surface area contributed by atoms with Crippen LogP contribution >= 0.6 is 0 Å². The maximum atomic E-state index is 12.4. The van der Waals surface area contributed by atoms with Crippen molar-refractivity contribution in [1.82, 2.24) is 5.32 Å². The molecule has 5 nitrogen and oxygen atoms in total. The number of nitrogens with zero attached hydrogens (tertiary/aromatic N) is 1. The van der Waals surface area contributed by atoms with Gasteiger partial charge in [0.1, 0.15) is 11.4 Å². The summed E-state index contributed by atoms with van der Waals surface area (Å²) in [6.07, 6.45) is -4.64. The Morgan fingerprint density at radius 1 is 1.18 bits per heavy atom. The summed E-state index contributed by atoms with van der Waals surface area (Å²) in [4.78, 5) is 4.24. The van der Waals surface area contributed by atoms with Gasteiger partial charge in [-0.05, 0) is 6.07 Å². The maximum absolute atomic E-state index is 12.4. The Morgan fingerprint density at radius 3 is 2.55 bits per heavy atom. The van der Waals surface area contributed by atoms with Gasteiger partial charge >= 0.3 is 6.36 Å². The molecule has 0 fully saturated rings. The van der Waals surface area contributed by atoms with E-state index in [1.165, 1.54) is 32.4 Å². The highest BCUT2D eigenvalue weighted by Gasteiger charge is 2.32.